The lowest BCUT2D eigenvalue weighted by Gasteiger charge is -2.23. The normalized spacial score (nSPS) is 22.6. The Morgan fingerprint density at radius 2 is 2.08 bits per heavy atom. The first kappa shape index (κ1) is 8.57. The van der Waals surface area contributed by atoms with E-state index in [1.54, 1.807) is 0 Å². The third kappa shape index (κ3) is 2.46. The van der Waals surface area contributed by atoms with Crippen molar-refractivity contribution in [1.29, 1.82) is 0 Å². The maximum absolute atomic E-state index is 5.73. The minimum absolute atomic E-state index is 0.246. The van der Waals surface area contributed by atoms with Crippen LogP contribution in [0.5, 0.6) is 5.75 Å². The van der Waals surface area contributed by atoms with Crippen LogP contribution in [0.15, 0.2) is 30.3 Å². The van der Waals surface area contributed by atoms with Crippen LogP contribution in [-0.2, 0) is 4.74 Å². The highest BCUT2D eigenvalue weighted by Crippen LogP contribution is 2.16. The molecule has 0 aliphatic carbocycles. The molecule has 2 nitrogen and oxygen atoms in total. The van der Waals surface area contributed by atoms with E-state index in [0.717, 1.165) is 31.8 Å². The molecule has 0 N–H and O–H groups in total. The van der Waals surface area contributed by atoms with Gasteiger partial charge in [-0.1, -0.05) is 18.2 Å². The van der Waals surface area contributed by atoms with E-state index in [4.69, 9.17) is 9.47 Å². The van der Waals surface area contributed by atoms with Crippen LogP contribution in [0.3, 0.4) is 0 Å². The summed E-state index contributed by atoms with van der Waals surface area (Å²) in [4.78, 5) is 0. The third-order valence-corrected chi connectivity index (χ3v) is 2.16. The topological polar surface area (TPSA) is 18.5 Å². The van der Waals surface area contributed by atoms with E-state index in [1.807, 2.05) is 30.3 Å². The fraction of sp³-hybridized carbons (Fsp3) is 0.455. The minimum Gasteiger partial charge on any atom is -0.488 e. The van der Waals surface area contributed by atoms with E-state index in [0.29, 0.717) is 0 Å². The van der Waals surface area contributed by atoms with E-state index >= 15 is 0 Å². The molecule has 2 heteroatoms. The molecular weight excluding hydrogens is 164 g/mol. The van der Waals surface area contributed by atoms with Crippen LogP contribution in [0.25, 0.3) is 0 Å². The largest absolute Gasteiger partial charge is 0.488 e. The summed E-state index contributed by atoms with van der Waals surface area (Å²) in [5.41, 5.74) is 0. The number of hydrogen-bond acceptors (Lipinski definition) is 2. The zero-order valence-corrected chi connectivity index (χ0v) is 7.61. The summed E-state index contributed by atoms with van der Waals surface area (Å²) in [7, 11) is 0. The number of benzene rings is 1. The Balaban J connectivity index is 1.90. The highest BCUT2D eigenvalue weighted by Gasteiger charge is 2.14. The molecule has 1 fully saturated rings. The number of rotatable bonds is 2. The van der Waals surface area contributed by atoms with E-state index < -0.39 is 0 Å². The van der Waals surface area contributed by atoms with E-state index in [1.165, 1.54) is 0 Å². The zero-order valence-electron chi connectivity index (χ0n) is 7.61. The van der Waals surface area contributed by atoms with Crippen molar-refractivity contribution in [2.24, 2.45) is 0 Å². The average molecular weight is 178 g/mol. The van der Waals surface area contributed by atoms with Gasteiger partial charge < -0.3 is 9.47 Å². The third-order valence-electron chi connectivity index (χ3n) is 2.16. The van der Waals surface area contributed by atoms with E-state index in [-0.39, 0.29) is 6.10 Å². The van der Waals surface area contributed by atoms with E-state index in [2.05, 4.69) is 0 Å². The molecule has 0 aromatic heterocycles. The lowest BCUT2D eigenvalue weighted by atomic mass is 10.2. The van der Waals surface area contributed by atoms with Gasteiger partial charge in [-0.15, -0.1) is 0 Å². The van der Waals surface area contributed by atoms with Gasteiger partial charge in [0.25, 0.3) is 0 Å². The standard InChI is InChI=1S/C11H14O2/c1-2-5-10(6-3-1)13-11-7-4-8-12-9-11/h1-3,5-6,11H,4,7-9H2. The first-order valence-corrected chi connectivity index (χ1v) is 4.74. The number of hydrogen-bond donors (Lipinski definition) is 0. The van der Waals surface area contributed by atoms with Crippen molar-refractivity contribution in [3.63, 3.8) is 0 Å². The summed E-state index contributed by atoms with van der Waals surface area (Å²) < 4.78 is 11.1. The molecule has 1 heterocycles. The van der Waals surface area contributed by atoms with Crippen LogP contribution in [0, 0.1) is 0 Å². The van der Waals surface area contributed by atoms with Crippen molar-refractivity contribution >= 4 is 0 Å². The molecule has 0 radical (unpaired) electrons. The first-order valence-electron chi connectivity index (χ1n) is 4.74. The van der Waals surface area contributed by atoms with Crippen molar-refractivity contribution in [1.82, 2.24) is 0 Å². The Kier molecular flexibility index (Phi) is 2.82. The second-order valence-electron chi connectivity index (χ2n) is 3.27. The average Bonchev–Trinajstić information content (AvgIpc) is 2.21. The second kappa shape index (κ2) is 4.28. The smallest absolute Gasteiger partial charge is 0.122 e. The Hall–Kier alpha value is -1.02. The van der Waals surface area contributed by atoms with Gasteiger partial charge in [-0.2, -0.15) is 0 Å². The molecule has 0 bridgehead atoms. The summed E-state index contributed by atoms with van der Waals surface area (Å²) in [6.07, 6.45) is 2.46. The molecule has 0 saturated carbocycles. The molecule has 1 aliphatic heterocycles. The predicted octanol–water partition coefficient (Wildman–Crippen LogP) is 2.24. The summed E-state index contributed by atoms with van der Waals surface area (Å²) in [6, 6.07) is 9.92. The number of para-hydroxylation sites is 1. The van der Waals surface area contributed by atoms with Crippen LogP contribution in [0.2, 0.25) is 0 Å². The van der Waals surface area contributed by atoms with Crippen LogP contribution >= 0.6 is 0 Å². The molecule has 13 heavy (non-hydrogen) atoms. The quantitative estimate of drug-likeness (QED) is 0.691. The molecule has 1 aromatic rings. The number of ether oxygens (including phenoxy) is 2. The minimum atomic E-state index is 0.246. The molecular formula is C11H14O2. The van der Waals surface area contributed by atoms with Crippen molar-refractivity contribution < 1.29 is 9.47 Å². The van der Waals surface area contributed by atoms with Gasteiger partial charge in [0.2, 0.25) is 0 Å². The van der Waals surface area contributed by atoms with Crippen molar-refractivity contribution in [2.75, 3.05) is 13.2 Å². The van der Waals surface area contributed by atoms with Gasteiger partial charge in [0.05, 0.1) is 6.61 Å². The Morgan fingerprint density at radius 3 is 2.77 bits per heavy atom. The van der Waals surface area contributed by atoms with Gasteiger partial charge in [0.1, 0.15) is 11.9 Å². The summed E-state index contributed by atoms with van der Waals surface area (Å²) in [5, 5.41) is 0. The molecule has 2 rings (SSSR count). The van der Waals surface area contributed by atoms with Gasteiger partial charge in [-0.3, -0.25) is 0 Å². The van der Waals surface area contributed by atoms with Crippen LogP contribution in [0.4, 0.5) is 0 Å². The zero-order chi connectivity index (χ0) is 8.93. The fourth-order valence-corrected chi connectivity index (χ4v) is 1.50. The monoisotopic (exact) mass is 178 g/mol. The Labute approximate surface area is 78.5 Å². The molecule has 1 unspecified atom stereocenters. The van der Waals surface area contributed by atoms with Crippen molar-refractivity contribution in [3.05, 3.63) is 30.3 Å². The molecule has 0 spiro atoms. The first-order chi connectivity index (χ1) is 6.45. The van der Waals surface area contributed by atoms with Crippen LogP contribution in [0.1, 0.15) is 12.8 Å². The fourth-order valence-electron chi connectivity index (χ4n) is 1.50. The molecule has 1 saturated heterocycles. The summed E-state index contributed by atoms with van der Waals surface area (Å²) in [5.74, 6) is 0.943. The summed E-state index contributed by atoms with van der Waals surface area (Å²) in [6.45, 7) is 1.61. The highest BCUT2D eigenvalue weighted by molar-refractivity contribution is 5.21. The van der Waals surface area contributed by atoms with Crippen LogP contribution in [-0.4, -0.2) is 19.3 Å². The lowest BCUT2D eigenvalue weighted by molar-refractivity contribution is 0.00743. The second-order valence-corrected chi connectivity index (χ2v) is 3.27. The Bertz CT molecular complexity index is 240. The Morgan fingerprint density at radius 1 is 1.23 bits per heavy atom. The molecule has 1 aliphatic rings. The molecule has 1 atom stereocenters. The summed E-state index contributed by atoms with van der Waals surface area (Å²) >= 11 is 0. The van der Waals surface area contributed by atoms with Gasteiger partial charge in [0, 0.05) is 6.61 Å². The van der Waals surface area contributed by atoms with E-state index in [9.17, 15) is 0 Å². The molecule has 70 valence electrons. The van der Waals surface area contributed by atoms with Gasteiger partial charge >= 0.3 is 0 Å². The van der Waals surface area contributed by atoms with Crippen molar-refractivity contribution in [3.8, 4) is 5.75 Å². The van der Waals surface area contributed by atoms with Gasteiger partial charge in [0.15, 0.2) is 0 Å². The highest BCUT2D eigenvalue weighted by atomic mass is 16.5. The maximum atomic E-state index is 5.73. The van der Waals surface area contributed by atoms with Crippen molar-refractivity contribution in [2.45, 2.75) is 18.9 Å². The molecule has 1 aromatic carbocycles. The molecule has 0 amide bonds. The predicted molar refractivity (Wildman–Crippen MR) is 50.9 cm³/mol. The maximum Gasteiger partial charge on any atom is 0.122 e. The van der Waals surface area contributed by atoms with Crippen LogP contribution < -0.4 is 4.74 Å². The van der Waals surface area contributed by atoms with Gasteiger partial charge in [-0.05, 0) is 25.0 Å². The SMILES string of the molecule is c1ccc(OC2CCCOC2)cc1. The lowest BCUT2D eigenvalue weighted by Crippen LogP contribution is -2.27. The van der Waals surface area contributed by atoms with Gasteiger partial charge in [-0.25, -0.2) is 0 Å².